The lowest BCUT2D eigenvalue weighted by atomic mass is 10.3. The van der Waals surface area contributed by atoms with Crippen LogP contribution in [-0.4, -0.2) is 64.5 Å². The molecule has 0 saturated carbocycles. The first-order valence-corrected chi connectivity index (χ1v) is 11.6. The normalized spacial score (nSPS) is 11.3. The third-order valence-corrected chi connectivity index (χ3v) is 5.75. The van der Waals surface area contributed by atoms with Crippen molar-refractivity contribution in [2.75, 3.05) is 31.4 Å². The lowest BCUT2D eigenvalue weighted by molar-refractivity contribution is 0.0601. The lowest BCUT2D eigenvalue weighted by Gasteiger charge is -2.08. The highest BCUT2D eigenvalue weighted by Crippen LogP contribution is 2.32. The van der Waals surface area contributed by atoms with Gasteiger partial charge in [0, 0.05) is 0 Å². The molecule has 17 nitrogen and oxygen atoms in total. The molecule has 5 aromatic rings. The Morgan fingerprint density at radius 3 is 2.10 bits per heavy atom. The topological polar surface area (TPSA) is 230 Å². The second kappa shape index (κ2) is 10.1. The molecule has 6 N–H and O–H groups in total. The zero-order chi connectivity index (χ0) is 28.6. The molecule has 5 rings (SSSR count). The van der Waals surface area contributed by atoms with Gasteiger partial charge >= 0.3 is 12.0 Å². The van der Waals surface area contributed by atoms with Gasteiger partial charge in [0.05, 0.1) is 43.2 Å². The van der Waals surface area contributed by atoms with Crippen molar-refractivity contribution in [3.8, 4) is 23.6 Å². The van der Waals surface area contributed by atoms with Gasteiger partial charge in [-0.25, -0.2) is 9.48 Å². The number of rotatable bonds is 7. The van der Waals surface area contributed by atoms with E-state index in [4.69, 9.17) is 26.7 Å². The molecule has 0 unspecified atom stereocenters. The molecule has 0 aliphatic rings. The van der Waals surface area contributed by atoms with E-state index in [1.165, 1.54) is 34.5 Å². The Morgan fingerprint density at radius 2 is 1.50 bits per heavy atom. The van der Waals surface area contributed by atoms with E-state index in [1.54, 1.807) is 26.0 Å². The number of carbonyl (C=O) groups is 1. The Morgan fingerprint density at radius 1 is 0.850 bits per heavy atom. The van der Waals surface area contributed by atoms with Crippen molar-refractivity contribution in [1.29, 1.82) is 0 Å². The summed E-state index contributed by atoms with van der Waals surface area (Å²) >= 11 is 0. The van der Waals surface area contributed by atoms with Crippen molar-refractivity contribution in [2.24, 2.45) is 10.2 Å². The first kappa shape index (κ1) is 25.8. The number of methoxy groups -OCH3 is 2. The van der Waals surface area contributed by atoms with Crippen molar-refractivity contribution in [1.82, 2.24) is 44.3 Å². The van der Waals surface area contributed by atoms with Gasteiger partial charge in [0.1, 0.15) is 5.56 Å². The molecule has 40 heavy (non-hydrogen) atoms. The number of azo groups is 1. The van der Waals surface area contributed by atoms with E-state index in [9.17, 15) is 4.79 Å². The highest BCUT2D eigenvalue weighted by Gasteiger charge is 2.23. The number of ether oxygens (including phenoxy) is 2. The first-order chi connectivity index (χ1) is 19.2. The minimum absolute atomic E-state index is 0.000369. The summed E-state index contributed by atoms with van der Waals surface area (Å²) in [6.07, 6.45) is 1.35. The summed E-state index contributed by atoms with van der Waals surface area (Å²) in [5.74, 6) is -0.267. The standard InChI is InChI=1S/C23H24N14O3/c1-11-15(24)17(25)36(33-11)21-28-22(30-23(29-21)40-4)37-18(26)16(12(2)34-37)31-32-19-14(20(38)39-3)10-27-35(19)13-8-6-5-7-9-13/h5-10H,24-26H2,1-4H3. The van der Waals surface area contributed by atoms with Gasteiger partial charge in [-0.15, -0.1) is 10.2 Å². The molecule has 0 atom stereocenters. The van der Waals surface area contributed by atoms with Crippen molar-refractivity contribution in [2.45, 2.75) is 13.8 Å². The number of para-hydroxylation sites is 1. The highest BCUT2D eigenvalue weighted by atomic mass is 16.5. The Kier molecular flexibility index (Phi) is 6.52. The monoisotopic (exact) mass is 544 g/mol. The van der Waals surface area contributed by atoms with Crippen LogP contribution < -0.4 is 21.9 Å². The highest BCUT2D eigenvalue weighted by molar-refractivity contribution is 5.94. The summed E-state index contributed by atoms with van der Waals surface area (Å²) in [6.45, 7) is 3.37. The van der Waals surface area contributed by atoms with Crippen LogP contribution in [0.4, 0.5) is 28.8 Å². The molecule has 0 aliphatic heterocycles. The number of hydrogen-bond donors (Lipinski definition) is 3. The average molecular weight is 545 g/mol. The van der Waals surface area contributed by atoms with Gasteiger partial charge in [0.25, 0.3) is 11.9 Å². The fraction of sp³-hybridized carbons (Fsp3) is 0.174. The van der Waals surface area contributed by atoms with Crippen LogP contribution >= 0.6 is 0 Å². The fourth-order valence-electron chi connectivity index (χ4n) is 3.69. The van der Waals surface area contributed by atoms with Crippen molar-refractivity contribution in [3.63, 3.8) is 0 Å². The Bertz CT molecular complexity index is 1750. The number of benzene rings is 1. The molecule has 204 valence electrons. The molecule has 0 amide bonds. The van der Waals surface area contributed by atoms with Gasteiger partial charge in [-0.05, 0) is 26.0 Å². The maximum absolute atomic E-state index is 12.4. The zero-order valence-corrected chi connectivity index (χ0v) is 21.8. The Hall–Kier alpha value is -5.87. The minimum atomic E-state index is -0.630. The van der Waals surface area contributed by atoms with Crippen LogP contribution in [0.3, 0.4) is 0 Å². The van der Waals surface area contributed by atoms with E-state index in [2.05, 4.69) is 40.5 Å². The van der Waals surface area contributed by atoms with Crippen LogP contribution in [0, 0.1) is 13.8 Å². The lowest BCUT2D eigenvalue weighted by Crippen LogP contribution is -2.14. The molecule has 0 saturated heterocycles. The minimum Gasteiger partial charge on any atom is -0.467 e. The molecule has 17 heteroatoms. The van der Waals surface area contributed by atoms with E-state index in [0.29, 0.717) is 22.8 Å². The summed E-state index contributed by atoms with van der Waals surface area (Å²) in [7, 11) is 2.65. The predicted octanol–water partition coefficient (Wildman–Crippen LogP) is 2.00. The van der Waals surface area contributed by atoms with Gasteiger partial charge in [-0.2, -0.15) is 39.6 Å². The largest absolute Gasteiger partial charge is 0.467 e. The SMILES string of the molecule is COC(=O)c1cnn(-c2ccccc2)c1N=Nc1c(C)nn(-c2nc(OC)nc(-n3nc(C)c(N)c3N)n2)c1N. The third kappa shape index (κ3) is 4.40. The van der Waals surface area contributed by atoms with Crippen LogP contribution in [0.2, 0.25) is 0 Å². The number of aryl methyl sites for hydroxylation is 2. The summed E-state index contributed by atoms with van der Waals surface area (Å²) < 4.78 is 14.1. The van der Waals surface area contributed by atoms with Crippen molar-refractivity contribution < 1.29 is 14.3 Å². The summed E-state index contributed by atoms with van der Waals surface area (Å²) in [5.41, 5.74) is 20.6. The molecule has 0 aliphatic carbocycles. The molecule has 0 radical (unpaired) electrons. The van der Waals surface area contributed by atoms with E-state index in [-0.39, 0.29) is 46.6 Å². The number of nitrogen functional groups attached to an aromatic ring is 3. The average Bonchev–Trinajstić information content (AvgIpc) is 3.61. The predicted molar refractivity (Wildman–Crippen MR) is 142 cm³/mol. The van der Waals surface area contributed by atoms with E-state index in [0.717, 1.165) is 0 Å². The van der Waals surface area contributed by atoms with E-state index in [1.807, 2.05) is 18.2 Å². The smallest absolute Gasteiger partial charge is 0.343 e. The molecule has 4 heterocycles. The van der Waals surface area contributed by atoms with Crippen LogP contribution in [-0.2, 0) is 4.74 Å². The van der Waals surface area contributed by atoms with E-state index >= 15 is 0 Å². The molecule has 4 aromatic heterocycles. The number of esters is 1. The number of nitrogens with zero attached hydrogens (tertiary/aromatic N) is 11. The van der Waals surface area contributed by atoms with Gasteiger partial charge in [-0.3, -0.25) is 0 Å². The number of aromatic nitrogens is 9. The molecular formula is C23H24N14O3. The van der Waals surface area contributed by atoms with Gasteiger partial charge in [-0.1, -0.05) is 18.2 Å². The molecular weight excluding hydrogens is 520 g/mol. The fourth-order valence-corrected chi connectivity index (χ4v) is 3.69. The van der Waals surface area contributed by atoms with Crippen LogP contribution in [0.5, 0.6) is 6.01 Å². The Labute approximate surface area is 226 Å². The summed E-state index contributed by atoms with van der Waals surface area (Å²) in [4.78, 5) is 25.2. The summed E-state index contributed by atoms with van der Waals surface area (Å²) in [6, 6.07) is 9.07. The molecule has 0 fully saturated rings. The molecule has 0 bridgehead atoms. The quantitative estimate of drug-likeness (QED) is 0.197. The molecule has 1 aromatic carbocycles. The maximum Gasteiger partial charge on any atom is 0.343 e. The van der Waals surface area contributed by atoms with Gasteiger partial charge < -0.3 is 26.7 Å². The van der Waals surface area contributed by atoms with Gasteiger partial charge in [0.2, 0.25) is 0 Å². The van der Waals surface area contributed by atoms with Crippen LogP contribution in [0.25, 0.3) is 17.6 Å². The van der Waals surface area contributed by atoms with Crippen molar-refractivity contribution in [3.05, 3.63) is 53.5 Å². The second-order valence-corrected chi connectivity index (χ2v) is 8.27. The number of nitrogens with two attached hydrogens (primary N) is 3. The van der Waals surface area contributed by atoms with Crippen LogP contribution in [0.15, 0.2) is 46.8 Å². The number of anilines is 3. The van der Waals surface area contributed by atoms with Gasteiger partial charge in [0.15, 0.2) is 23.1 Å². The second-order valence-electron chi connectivity index (χ2n) is 8.27. The maximum atomic E-state index is 12.4. The Balaban J connectivity index is 1.59. The summed E-state index contributed by atoms with van der Waals surface area (Å²) in [5, 5.41) is 21.6. The third-order valence-electron chi connectivity index (χ3n) is 5.75. The zero-order valence-electron chi connectivity index (χ0n) is 21.8. The van der Waals surface area contributed by atoms with Crippen molar-refractivity contribution >= 4 is 34.8 Å². The molecule has 0 spiro atoms. The van der Waals surface area contributed by atoms with Crippen LogP contribution in [0.1, 0.15) is 21.7 Å². The number of carbonyl (C=O) groups excluding carboxylic acids is 1. The number of hydrogen-bond acceptors (Lipinski definition) is 14. The van der Waals surface area contributed by atoms with E-state index < -0.39 is 5.97 Å². The first-order valence-electron chi connectivity index (χ1n) is 11.6.